The highest BCUT2D eigenvalue weighted by Crippen LogP contribution is 2.44. The molecule has 0 fully saturated rings. The van der Waals surface area contributed by atoms with Gasteiger partial charge in [-0.15, -0.1) is 0 Å². The van der Waals surface area contributed by atoms with Gasteiger partial charge in [-0.1, -0.05) is 30.4 Å². The highest BCUT2D eigenvalue weighted by Gasteiger charge is 2.32. The van der Waals surface area contributed by atoms with Gasteiger partial charge in [0, 0.05) is 11.6 Å². The molecular weight excluding hydrogens is 158 g/mol. The van der Waals surface area contributed by atoms with Crippen LogP contribution in [0.2, 0.25) is 0 Å². The molecule has 2 atom stereocenters. The van der Waals surface area contributed by atoms with E-state index in [1.54, 1.807) is 0 Å². The molecule has 0 aliphatic heterocycles. The van der Waals surface area contributed by atoms with E-state index >= 15 is 0 Å². The predicted octanol–water partition coefficient (Wildman–Crippen LogP) is 2.29. The Morgan fingerprint density at radius 3 is 3.15 bits per heavy atom. The van der Waals surface area contributed by atoms with Gasteiger partial charge in [0.1, 0.15) is 0 Å². The summed E-state index contributed by atoms with van der Waals surface area (Å²) >= 11 is 0. The summed E-state index contributed by atoms with van der Waals surface area (Å²) in [6.07, 6.45) is 13.5. The van der Waals surface area contributed by atoms with Crippen molar-refractivity contribution in [1.82, 2.24) is 0 Å². The molecule has 0 saturated carbocycles. The largest absolute Gasteiger partial charge is 0.398 e. The van der Waals surface area contributed by atoms with Gasteiger partial charge >= 0.3 is 0 Å². The second-order valence-electron chi connectivity index (χ2n) is 4.03. The molecular formula is C12H13N. The van der Waals surface area contributed by atoms with E-state index in [4.69, 9.17) is 5.73 Å². The molecule has 3 rings (SSSR count). The Kier molecular flexibility index (Phi) is 1.32. The lowest BCUT2D eigenvalue weighted by atomic mass is 9.80. The smallest absolute Gasteiger partial charge is 0.0382 e. The Hall–Kier alpha value is -1.24. The first-order valence-corrected chi connectivity index (χ1v) is 4.92. The van der Waals surface area contributed by atoms with Gasteiger partial charge in [-0.25, -0.2) is 0 Å². The van der Waals surface area contributed by atoms with Crippen molar-refractivity contribution in [2.24, 2.45) is 17.6 Å². The van der Waals surface area contributed by atoms with Crippen LogP contribution in [0, 0.1) is 11.8 Å². The van der Waals surface area contributed by atoms with Crippen molar-refractivity contribution in [2.45, 2.75) is 12.8 Å². The van der Waals surface area contributed by atoms with Gasteiger partial charge in [-0.2, -0.15) is 0 Å². The monoisotopic (exact) mass is 171 g/mol. The van der Waals surface area contributed by atoms with Crippen LogP contribution in [0.3, 0.4) is 0 Å². The molecule has 1 heteroatoms. The SMILES string of the molecule is NC1=C2C=CC=CC2C2C=C1CC2. The maximum atomic E-state index is 6.10. The van der Waals surface area contributed by atoms with Crippen molar-refractivity contribution in [3.63, 3.8) is 0 Å². The van der Waals surface area contributed by atoms with Crippen LogP contribution in [0.4, 0.5) is 0 Å². The van der Waals surface area contributed by atoms with E-state index in [0.717, 1.165) is 11.6 Å². The summed E-state index contributed by atoms with van der Waals surface area (Å²) in [4.78, 5) is 0. The fourth-order valence-electron chi connectivity index (χ4n) is 2.64. The van der Waals surface area contributed by atoms with Crippen LogP contribution in [0.1, 0.15) is 12.8 Å². The molecule has 2 bridgehead atoms. The highest BCUT2D eigenvalue weighted by atomic mass is 14.6. The molecule has 1 nitrogen and oxygen atoms in total. The fraction of sp³-hybridized carbons (Fsp3) is 0.333. The Balaban J connectivity index is 2.15. The van der Waals surface area contributed by atoms with Gasteiger partial charge in [-0.3, -0.25) is 0 Å². The molecule has 0 saturated heterocycles. The molecule has 0 heterocycles. The summed E-state index contributed by atoms with van der Waals surface area (Å²) in [5.41, 5.74) is 9.87. The molecule has 2 N–H and O–H groups in total. The molecule has 3 aliphatic carbocycles. The summed E-state index contributed by atoms with van der Waals surface area (Å²) in [6.45, 7) is 0. The van der Waals surface area contributed by atoms with Crippen LogP contribution in [-0.4, -0.2) is 0 Å². The lowest BCUT2D eigenvalue weighted by Gasteiger charge is -2.25. The van der Waals surface area contributed by atoms with Crippen LogP contribution < -0.4 is 5.73 Å². The Morgan fingerprint density at radius 2 is 2.23 bits per heavy atom. The molecule has 0 amide bonds. The van der Waals surface area contributed by atoms with E-state index < -0.39 is 0 Å². The first kappa shape index (κ1) is 7.19. The molecule has 0 radical (unpaired) electrons. The Labute approximate surface area is 78.3 Å². The minimum absolute atomic E-state index is 0.566. The summed E-state index contributed by atoms with van der Waals surface area (Å²) in [7, 11) is 0. The van der Waals surface area contributed by atoms with E-state index in [2.05, 4.69) is 30.4 Å². The van der Waals surface area contributed by atoms with Crippen molar-refractivity contribution in [3.8, 4) is 0 Å². The summed E-state index contributed by atoms with van der Waals surface area (Å²) in [5, 5.41) is 0. The topological polar surface area (TPSA) is 26.0 Å². The zero-order chi connectivity index (χ0) is 8.84. The summed E-state index contributed by atoms with van der Waals surface area (Å²) in [5.74, 6) is 1.29. The van der Waals surface area contributed by atoms with Crippen molar-refractivity contribution in [2.75, 3.05) is 0 Å². The van der Waals surface area contributed by atoms with Gasteiger partial charge in [0.15, 0.2) is 0 Å². The molecule has 3 aliphatic rings. The standard InChI is InChI=1S/C12H13N/c13-12-9-6-5-8(7-9)10-3-1-2-4-11(10)12/h1-4,7-8,10H,5-6,13H2. The van der Waals surface area contributed by atoms with Gasteiger partial charge in [0.05, 0.1) is 0 Å². The molecule has 0 spiro atoms. The normalized spacial score (nSPS) is 34.9. The van der Waals surface area contributed by atoms with Crippen LogP contribution in [-0.2, 0) is 0 Å². The number of rotatable bonds is 0. The third-order valence-electron chi connectivity index (χ3n) is 3.34. The molecule has 66 valence electrons. The van der Waals surface area contributed by atoms with Crippen LogP contribution in [0.5, 0.6) is 0 Å². The highest BCUT2D eigenvalue weighted by molar-refractivity contribution is 5.50. The van der Waals surface area contributed by atoms with Crippen LogP contribution in [0.15, 0.2) is 47.2 Å². The van der Waals surface area contributed by atoms with Crippen molar-refractivity contribution >= 4 is 0 Å². The number of hydrogen-bond acceptors (Lipinski definition) is 1. The van der Waals surface area contributed by atoms with Gasteiger partial charge in [-0.05, 0) is 29.9 Å². The summed E-state index contributed by atoms with van der Waals surface area (Å²) < 4.78 is 0. The summed E-state index contributed by atoms with van der Waals surface area (Å²) in [6, 6.07) is 0. The third-order valence-corrected chi connectivity index (χ3v) is 3.34. The maximum Gasteiger partial charge on any atom is 0.0382 e. The van der Waals surface area contributed by atoms with E-state index in [-0.39, 0.29) is 0 Å². The zero-order valence-corrected chi connectivity index (χ0v) is 7.53. The third kappa shape index (κ3) is 0.873. The van der Waals surface area contributed by atoms with Gasteiger partial charge < -0.3 is 5.73 Å². The van der Waals surface area contributed by atoms with Crippen LogP contribution in [0.25, 0.3) is 0 Å². The number of allylic oxidation sites excluding steroid dienone is 7. The van der Waals surface area contributed by atoms with E-state index in [1.165, 1.54) is 24.0 Å². The molecule has 0 aromatic heterocycles. The minimum Gasteiger partial charge on any atom is -0.398 e. The van der Waals surface area contributed by atoms with Gasteiger partial charge in [0.2, 0.25) is 0 Å². The number of hydrogen-bond donors (Lipinski definition) is 1. The predicted molar refractivity (Wildman–Crippen MR) is 53.8 cm³/mol. The van der Waals surface area contributed by atoms with Crippen LogP contribution >= 0.6 is 0 Å². The molecule has 0 aromatic rings. The number of nitrogens with two attached hydrogens (primary N) is 1. The van der Waals surface area contributed by atoms with Crippen molar-refractivity contribution in [1.29, 1.82) is 0 Å². The van der Waals surface area contributed by atoms with E-state index in [9.17, 15) is 0 Å². The molecule has 2 unspecified atom stereocenters. The minimum atomic E-state index is 0.566. The average Bonchev–Trinajstić information content (AvgIpc) is 2.61. The van der Waals surface area contributed by atoms with Crippen molar-refractivity contribution in [3.05, 3.63) is 47.2 Å². The van der Waals surface area contributed by atoms with Gasteiger partial charge in [0.25, 0.3) is 0 Å². The quantitative estimate of drug-likeness (QED) is 0.594. The Morgan fingerprint density at radius 1 is 1.31 bits per heavy atom. The molecule has 13 heavy (non-hydrogen) atoms. The fourth-order valence-corrected chi connectivity index (χ4v) is 2.64. The number of fused-ring (bicyclic) bond motifs is 3. The Bertz CT molecular complexity index is 369. The zero-order valence-electron chi connectivity index (χ0n) is 7.53. The molecule has 0 aromatic carbocycles. The van der Waals surface area contributed by atoms with E-state index in [0.29, 0.717) is 5.92 Å². The lowest BCUT2D eigenvalue weighted by molar-refractivity contribution is 0.530. The first-order chi connectivity index (χ1) is 6.36. The average molecular weight is 171 g/mol. The maximum absolute atomic E-state index is 6.10. The second-order valence-corrected chi connectivity index (χ2v) is 4.03. The lowest BCUT2D eigenvalue weighted by Crippen LogP contribution is -2.18. The van der Waals surface area contributed by atoms with E-state index in [1.807, 2.05) is 0 Å². The second kappa shape index (κ2) is 2.38. The van der Waals surface area contributed by atoms with Crippen molar-refractivity contribution < 1.29 is 0 Å². The first-order valence-electron chi connectivity index (χ1n) is 4.92.